The van der Waals surface area contributed by atoms with Crippen LogP contribution in [0, 0.1) is 5.92 Å². The molecule has 1 aromatic heterocycles. The quantitative estimate of drug-likeness (QED) is 0.741. The summed E-state index contributed by atoms with van der Waals surface area (Å²) in [6, 6.07) is 4.51. The van der Waals surface area contributed by atoms with Gasteiger partial charge in [0.2, 0.25) is 0 Å². The monoisotopic (exact) mass is 177 g/mol. The van der Waals surface area contributed by atoms with Crippen molar-refractivity contribution in [1.29, 1.82) is 0 Å². The Morgan fingerprint density at radius 1 is 1.69 bits per heavy atom. The Balaban J connectivity index is 1.99. The topological polar surface area (TPSA) is 50.9 Å². The molecule has 70 valence electrons. The van der Waals surface area contributed by atoms with Gasteiger partial charge in [-0.05, 0) is 24.5 Å². The Bertz CT molecular complexity index is 298. The van der Waals surface area contributed by atoms with Gasteiger partial charge in [-0.3, -0.25) is 0 Å². The highest BCUT2D eigenvalue weighted by Gasteiger charge is 2.35. The van der Waals surface area contributed by atoms with Gasteiger partial charge >= 0.3 is 0 Å². The van der Waals surface area contributed by atoms with E-state index in [0.717, 1.165) is 11.6 Å². The fourth-order valence-electron chi connectivity index (χ4n) is 1.61. The van der Waals surface area contributed by atoms with Crippen LogP contribution >= 0.6 is 0 Å². The zero-order valence-electron chi connectivity index (χ0n) is 7.83. The van der Waals surface area contributed by atoms with Gasteiger partial charge in [0.1, 0.15) is 5.82 Å². The largest absolute Gasteiger partial charge is 0.382 e. The minimum atomic E-state index is 0.601. The number of hydrogen-bond donors (Lipinski definition) is 2. The lowest BCUT2D eigenvalue weighted by Gasteiger charge is -2.06. The first-order valence-corrected chi connectivity index (χ1v) is 4.78. The summed E-state index contributed by atoms with van der Waals surface area (Å²) in [6.45, 7) is 2.22. The van der Waals surface area contributed by atoms with Crippen LogP contribution in [-0.4, -0.2) is 11.0 Å². The van der Waals surface area contributed by atoms with E-state index in [1.165, 1.54) is 12.8 Å². The molecule has 3 N–H and O–H groups in total. The molecule has 0 aliphatic heterocycles. The SMILES string of the molecule is CCC1CC1Nc1cccnc1N. The number of hydrogen-bond acceptors (Lipinski definition) is 3. The number of nitrogen functional groups attached to an aromatic ring is 1. The highest BCUT2D eigenvalue weighted by molar-refractivity contribution is 5.62. The molecule has 1 saturated carbocycles. The van der Waals surface area contributed by atoms with Gasteiger partial charge in [0.25, 0.3) is 0 Å². The number of nitrogens with zero attached hydrogens (tertiary/aromatic N) is 1. The predicted octanol–water partition coefficient (Wildman–Crippen LogP) is 1.87. The van der Waals surface area contributed by atoms with Gasteiger partial charge in [0.05, 0.1) is 5.69 Å². The number of pyridine rings is 1. The number of nitrogens with two attached hydrogens (primary N) is 1. The van der Waals surface area contributed by atoms with Crippen LogP contribution in [0.1, 0.15) is 19.8 Å². The van der Waals surface area contributed by atoms with Gasteiger partial charge in [-0.15, -0.1) is 0 Å². The molecule has 1 heterocycles. The molecule has 2 unspecified atom stereocenters. The molecule has 1 aliphatic rings. The van der Waals surface area contributed by atoms with Crippen molar-refractivity contribution in [3.8, 4) is 0 Å². The van der Waals surface area contributed by atoms with E-state index in [2.05, 4.69) is 17.2 Å². The number of rotatable bonds is 3. The van der Waals surface area contributed by atoms with Gasteiger partial charge < -0.3 is 11.1 Å². The minimum absolute atomic E-state index is 0.601. The smallest absolute Gasteiger partial charge is 0.146 e. The van der Waals surface area contributed by atoms with Crippen molar-refractivity contribution in [2.75, 3.05) is 11.1 Å². The highest BCUT2D eigenvalue weighted by atomic mass is 15.0. The normalized spacial score (nSPS) is 25.6. The Morgan fingerprint density at radius 3 is 3.15 bits per heavy atom. The van der Waals surface area contributed by atoms with Crippen molar-refractivity contribution in [2.24, 2.45) is 5.92 Å². The molecule has 1 fully saturated rings. The molecule has 0 saturated heterocycles. The first-order chi connectivity index (χ1) is 6.31. The standard InChI is InChI=1S/C10H15N3/c1-2-7-6-9(7)13-8-4-3-5-12-10(8)11/h3-5,7,9,13H,2,6H2,1H3,(H2,11,12). The van der Waals surface area contributed by atoms with Gasteiger partial charge in [-0.2, -0.15) is 0 Å². The van der Waals surface area contributed by atoms with E-state index >= 15 is 0 Å². The highest BCUT2D eigenvalue weighted by Crippen LogP contribution is 2.36. The maximum absolute atomic E-state index is 5.71. The van der Waals surface area contributed by atoms with Crippen LogP contribution in [0.3, 0.4) is 0 Å². The van der Waals surface area contributed by atoms with E-state index in [4.69, 9.17) is 5.73 Å². The minimum Gasteiger partial charge on any atom is -0.382 e. The van der Waals surface area contributed by atoms with E-state index in [9.17, 15) is 0 Å². The van der Waals surface area contributed by atoms with Crippen LogP contribution < -0.4 is 11.1 Å². The van der Waals surface area contributed by atoms with E-state index < -0.39 is 0 Å². The van der Waals surface area contributed by atoms with E-state index in [-0.39, 0.29) is 0 Å². The molecular weight excluding hydrogens is 162 g/mol. The van der Waals surface area contributed by atoms with Crippen molar-refractivity contribution < 1.29 is 0 Å². The summed E-state index contributed by atoms with van der Waals surface area (Å²) >= 11 is 0. The van der Waals surface area contributed by atoms with Gasteiger partial charge in [-0.25, -0.2) is 4.98 Å². The molecule has 0 aromatic carbocycles. The van der Waals surface area contributed by atoms with Crippen molar-refractivity contribution >= 4 is 11.5 Å². The summed E-state index contributed by atoms with van der Waals surface area (Å²) in [5, 5.41) is 3.40. The maximum Gasteiger partial charge on any atom is 0.146 e. The van der Waals surface area contributed by atoms with Crippen molar-refractivity contribution in [1.82, 2.24) is 4.98 Å². The molecule has 0 spiro atoms. The molecule has 3 heteroatoms. The summed E-state index contributed by atoms with van der Waals surface area (Å²) in [4.78, 5) is 4.03. The summed E-state index contributed by atoms with van der Waals surface area (Å²) in [6.07, 6.45) is 4.23. The summed E-state index contributed by atoms with van der Waals surface area (Å²) in [7, 11) is 0. The van der Waals surface area contributed by atoms with E-state index in [1.807, 2.05) is 12.1 Å². The fraction of sp³-hybridized carbons (Fsp3) is 0.500. The van der Waals surface area contributed by atoms with Crippen molar-refractivity contribution in [2.45, 2.75) is 25.8 Å². The molecular formula is C10H15N3. The summed E-state index contributed by atoms with van der Waals surface area (Å²) < 4.78 is 0. The molecule has 0 radical (unpaired) electrons. The number of anilines is 2. The average molecular weight is 177 g/mol. The Hall–Kier alpha value is -1.25. The van der Waals surface area contributed by atoms with Crippen LogP contribution in [0.4, 0.5) is 11.5 Å². The second-order valence-corrected chi connectivity index (χ2v) is 3.59. The van der Waals surface area contributed by atoms with Crippen LogP contribution in [0.2, 0.25) is 0 Å². The third-order valence-electron chi connectivity index (χ3n) is 2.63. The lowest BCUT2D eigenvalue weighted by Crippen LogP contribution is -2.07. The molecule has 1 aromatic rings. The zero-order chi connectivity index (χ0) is 9.26. The van der Waals surface area contributed by atoms with Crippen molar-refractivity contribution in [3.63, 3.8) is 0 Å². The molecule has 1 aliphatic carbocycles. The average Bonchev–Trinajstić information content (AvgIpc) is 2.88. The molecule has 0 bridgehead atoms. The Kier molecular flexibility index (Phi) is 2.08. The summed E-state index contributed by atoms with van der Waals surface area (Å²) in [5.74, 6) is 1.43. The van der Waals surface area contributed by atoms with E-state index in [0.29, 0.717) is 11.9 Å². The Labute approximate surface area is 78.4 Å². The zero-order valence-corrected chi connectivity index (χ0v) is 7.83. The van der Waals surface area contributed by atoms with Gasteiger partial charge in [0.15, 0.2) is 0 Å². The van der Waals surface area contributed by atoms with E-state index in [1.54, 1.807) is 6.20 Å². The third-order valence-corrected chi connectivity index (χ3v) is 2.63. The van der Waals surface area contributed by atoms with Gasteiger partial charge in [-0.1, -0.05) is 13.3 Å². The van der Waals surface area contributed by atoms with Crippen LogP contribution in [0.25, 0.3) is 0 Å². The molecule has 13 heavy (non-hydrogen) atoms. The molecule has 3 nitrogen and oxygen atoms in total. The van der Waals surface area contributed by atoms with Gasteiger partial charge in [0, 0.05) is 12.2 Å². The molecule has 2 rings (SSSR count). The predicted molar refractivity (Wildman–Crippen MR) is 54.5 cm³/mol. The lowest BCUT2D eigenvalue weighted by molar-refractivity contribution is 0.775. The van der Waals surface area contributed by atoms with Crippen LogP contribution in [0.5, 0.6) is 0 Å². The number of aromatic nitrogens is 1. The lowest BCUT2D eigenvalue weighted by atomic mass is 10.3. The van der Waals surface area contributed by atoms with Crippen LogP contribution in [-0.2, 0) is 0 Å². The van der Waals surface area contributed by atoms with Crippen molar-refractivity contribution in [3.05, 3.63) is 18.3 Å². The fourth-order valence-corrected chi connectivity index (χ4v) is 1.61. The molecule has 0 amide bonds. The van der Waals surface area contributed by atoms with Crippen LogP contribution in [0.15, 0.2) is 18.3 Å². The third kappa shape index (κ3) is 1.74. The first kappa shape index (κ1) is 8.35. The maximum atomic E-state index is 5.71. The summed E-state index contributed by atoms with van der Waals surface area (Å²) in [5.41, 5.74) is 6.69. The first-order valence-electron chi connectivity index (χ1n) is 4.78. The number of nitrogens with one attached hydrogen (secondary N) is 1. The second kappa shape index (κ2) is 3.24. The molecule has 2 atom stereocenters. The second-order valence-electron chi connectivity index (χ2n) is 3.59. The Morgan fingerprint density at radius 2 is 2.54 bits per heavy atom.